The van der Waals surface area contributed by atoms with Crippen LogP contribution in [0.15, 0.2) is 24.5 Å². The third kappa shape index (κ3) is 2.69. The van der Waals surface area contributed by atoms with Gasteiger partial charge in [0.15, 0.2) is 0 Å². The first-order chi connectivity index (χ1) is 7.31. The number of aromatic nitrogens is 1. The van der Waals surface area contributed by atoms with Crippen LogP contribution in [-0.2, 0) is 11.3 Å². The lowest BCUT2D eigenvalue weighted by Crippen LogP contribution is -2.33. The van der Waals surface area contributed by atoms with Crippen molar-refractivity contribution in [1.82, 2.24) is 9.88 Å². The van der Waals surface area contributed by atoms with E-state index >= 15 is 0 Å². The first-order valence-electron chi connectivity index (χ1n) is 5.05. The highest BCUT2D eigenvalue weighted by Crippen LogP contribution is 2.28. The zero-order chi connectivity index (χ0) is 10.7. The lowest BCUT2D eigenvalue weighted by Gasteiger charge is -2.21. The van der Waals surface area contributed by atoms with Crippen LogP contribution >= 0.6 is 11.6 Å². The minimum Gasteiger partial charge on any atom is -0.334 e. The van der Waals surface area contributed by atoms with Gasteiger partial charge in [0.2, 0.25) is 5.91 Å². The van der Waals surface area contributed by atoms with E-state index < -0.39 is 0 Å². The number of hydrogen-bond acceptors (Lipinski definition) is 2. The molecule has 1 aliphatic carbocycles. The zero-order valence-electron chi connectivity index (χ0n) is 8.40. The summed E-state index contributed by atoms with van der Waals surface area (Å²) in [4.78, 5) is 17.4. The van der Waals surface area contributed by atoms with Crippen LogP contribution in [0.5, 0.6) is 0 Å². The first kappa shape index (κ1) is 10.4. The Morgan fingerprint density at radius 3 is 2.67 bits per heavy atom. The topological polar surface area (TPSA) is 33.2 Å². The van der Waals surface area contributed by atoms with Crippen molar-refractivity contribution in [2.24, 2.45) is 0 Å². The van der Waals surface area contributed by atoms with Crippen molar-refractivity contribution in [3.8, 4) is 0 Å². The number of pyridine rings is 1. The van der Waals surface area contributed by atoms with Gasteiger partial charge >= 0.3 is 0 Å². The molecule has 1 aromatic rings. The Morgan fingerprint density at radius 2 is 2.13 bits per heavy atom. The van der Waals surface area contributed by atoms with Gasteiger partial charge in [0.25, 0.3) is 0 Å². The molecule has 1 aliphatic rings. The number of alkyl halides is 1. The van der Waals surface area contributed by atoms with E-state index in [1.807, 2.05) is 17.0 Å². The van der Waals surface area contributed by atoms with E-state index in [2.05, 4.69) is 4.98 Å². The van der Waals surface area contributed by atoms with Gasteiger partial charge in [0.1, 0.15) is 5.88 Å². The number of halogens is 1. The van der Waals surface area contributed by atoms with Crippen molar-refractivity contribution in [3.63, 3.8) is 0 Å². The predicted octanol–water partition coefficient (Wildman–Crippen LogP) is 1.81. The summed E-state index contributed by atoms with van der Waals surface area (Å²) in [5.74, 6) is 0.0951. The average molecular weight is 225 g/mol. The van der Waals surface area contributed by atoms with Crippen LogP contribution in [0.1, 0.15) is 18.4 Å². The van der Waals surface area contributed by atoms with E-state index in [4.69, 9.17) is 11.6 Å². The number of nitrogens with zero attached hydrogens (tertiary/aromatic N) is 2. The van der Waals surface area contributed by atoms with Crippen LogP contribution in [0.4, 0.5) is 0 Å². The molecule has 0 radical (unpaired) electrons. The fourth-order valence-electron chi connectivity index (χ4n) is 1.57. The molecule has 0 aliphatic heterocycles. The third-order valence-electron chi connectivity index (χ3n) is 2.52. The lowest BCUT2D eigenvalue weighted by atomic mass is 10.2. The van der Waals surface area contributed by atoms with Gasteiger partial charge in [0, 0.05) is 25.0 Å². The highest BCUT2D eigenvalue weighted by Gasteiger charge is 2.31. The van der Waals surface area contributed by atoms with Crippen molar-refractivity contribution in [3.05, 3.63) is 30.1 Å². The van der Waals surface area contributed by atoms with Crippen molar-refractivity contribution in [2.75, 3.05) is 5.88 Å². The van der Waals surface area contributed by atoms with Gasteiger partial charge in [-0.05, 0) is 30.5 Å². The molecule has 0 spiro atoms. The van der Waals surface area contributed by atoms with Gasteiger partial charge in [0.05, 0.1) is 0 Å². The Kier molecular flexibility index (Phi) is 3.21. The molecule has 1 saturated carbocycles. The van der Waals surface area contributed by atoms with Crippen molar-refractivity contribution < 1.29 is 4.79 Å². The largest absolute Gasteiger partial charge is 0.334 e. The van der Waals surface area contributed by atoms with E-state index in [1.54, 1.807) is 12.4 Å². The maximum Gasteiger partial charge on any atom is 0.238 e. The maximum atomic E-state index is 11.6. The number of hydrogen-bond donors (Lipinski definition) is 0. The Labute approximate surface area is 94.1 Å². The van der Waals surface area contributed by atoms with E-state index in [9.17, 15) is 4.79 Å². The number of amides is 1. The molecule has 15 heavy (non-hydrogen) atoms. The van der Waals surface area contributed by atoms with E-state index in [0.717, 1.165) is 18.4 Å². The fourth-order valence-corrected chi connectivity index (χ4v) is 1.72. The molecule has 0 N–H and O–H groups in total. The Hall–Kier alpha value is -1.09. The quantitative estimate of drug-likeness (QED) is 0.731. The third-order valence-corrected chi connectivity index (χ3v) is 2.75. The molecule has 0 aromatic carbocycles. The molecular formula is C11H13ClN2O. The summed E-state index contributed by atoms with van der Waals surface area (Å²) in [5.41, 5.74) is 1.11. The molecule has 1 amide bonds. The second-order valence-corrected chi connectivity index (χ2v) is 4.01. The second kappa shape index (κ2) is 4.62. The molecular weight excluding hydrogens is 212 g/mol. The van der Waals surface area contributed by atoms with Crippen LogP contribution in [0.2, 0.25) is 0 Å². The normalized spacial score (nSPS) is 15.0. The molecule has 1 fully saturated rings. The van der Waals surface area contributed by atoms with Crippen LogP contribution in [-0.4, -0.2) is 27.7 Å². The van der Waals surface area contributed by atoms with Crippen molar-refractivity contribution in [2.45, 2.75) is 25.4 Å². The van der Waals surface area contributed by atoms with Gasteiger partial charge in [-0.15, -0.1) is 11.6 Å². The number of carbonyl (C=O) groups is 1. The Bertz CT molecular complexity index is 338. The minimum absolute atomic E-state index is 0.0241. The number of rotatable bonds is 4. The van der Waals surface area contributed by atoms with Gasteiger partial charge in [-0.25, -0.2) is 0 Å². The van der Waals surface area contributed by atoms with E-state index in [1.165, 1.54) is 0 Å². The second-order valence-electron chi connectivity index (χ2n) is 3.74. The summed E-state index contributed by atoms with van der Waals surface area (Å²) in [6.07, 6.45) is 5.69. The maximum absolute atomic E-state index is 11.6. The fraction of sp³-hybridized carbons (Fsp3) is 0.455. The molecule has 80 valence electrons. The number of carbonyl (C=O) groups excluding carboxylic acids is 1. The Balaban J connectivity index is 2.04. The summed E-state index contributed by atoms with van der Waals surface area (Å²) >= 11 is 5.58. The molecule has 1 heterocycles. The Morgan fingerprint density at radius 1 is 1.47 bits per heavy atom. The van der Waals surface area contributed by atoms with Crippen LogP contribution < -0.4 is 0 Å². The summed E-state index contributed by atoms with van der Waals surface area (Å²) < 4.78 is 0. The highest BCUT2D eigenvalue weighted by atomic mass is 35.5. The van der Waals surface area contributed by atoms with Crippen molar-refractivity contribution >= 4 is 17.5 Å². The molecule has 1 aromatic heterocycles. The van der Waals surface area contributed by atoms with Crippen LogP contribution in [0.3, 0.4) is 0 Å². The minimum atomic E-state index is 0.0241. The van der Waals surface area contributed by atoms with E-state index in [0.29, 0.717) is 12.6 Å². The first-order valence-corrected chi connectivity index (χ1v) is 5.59. The summed E-state index contributed by atoms with van der Waals surface area (Å²) in [5, 5.41) is 0. The summed E-state index contributed by atoms with van der Waals surface area (Å²) in [6.45, 7) is 0.652. The van der Waals surface area contributed by atoms with Gasteiger partial charge in [-0.3, -0.25) is 9.78 Å². The zero-order valence-corrected chi connectivity index (χ0v) is 9.15. The van der Waals surface area contributed by atoms with E-state index in [-0.39, 0.29) is 11.8 Å². The standard InChI is InChI=1S/C11H13ClN2O/c12-7-11(15)14(10-1-2-10)8-9-3-5-13-6-4-9/h3-6,10H,1-2,7-8H2. The molecule has 3 nitrogen and oxygen atoms in total. The van der Waals surface area contributed by atoms with Crippen molar-refractivity contribution in [1.29, 1.82) is 0 Å². The predicted molar refractivity (Wildman–Crippen MR) is 58.5 cm³/mol. The molecule has 0 bridgehead atoms. The monoisotopic (exact) mass is 224 g/mol. The molecule has 0 atom stereocenters. The van der Waals surface area contributed by atoms with Gasteiger partial charge in [-0.2, -0.15) is 0 Å². The van der Waals surface area contributed by atoms with Crippen LogP contribution in [0, 0.1) is 0 Å². The average Bonchev–Trinajstić information content (AvgIpc) is 3.10. The molecule has 4 heteroatoms. The molecule has 0 saturated heterocycles. The smallest absolute Gasteiger partial charge is 0.238 e. The molecule has 2 rings (SSSR count). The summed E-state index contributed by atoms with van der Waals surface area (Å²) in [7, 11) is 0. The summed E-state index contributed by atoms with van der Waals surface area (Å²) in [6, 6.07) is 4.26. The molecule has 0 unspecified atom stereocenters. The SMILES string of the molecule is O=C(CCl)N(Cc1ccncc1)C1CC1. The van der Waals surface area contributed by atoms with Gasteiger partial charge < -0.3 is 4.90 Å². The lowest BCUT2D eigenvalue weighted by molar-refractivity contribution is -0.129. The van der Waals surface area contributed by atoms with Gasteiger partial charge in [-0.1, -0.05) is 0 Å². The highest BCUT2D eigenvalue weighted by molar-refractivity contribution is 6.27. The van der Waals surface area contributed by atoms with Crippen LogP contribution in [0.25, 0.3) is 0 Å².